The molecule has 1 unspecified atom stereocenters. The molecule has 0 aromatic heterocycles. The first-order valence-corrected chi connectivity index (χ1v) is 13.9. The number of carbonyl (C=O) groups excluding carboxylic acids is 2. The Morgan fingerprint density at radius 1 is 0.946 bits per heavy atom. The van der Waals surface area contributed by atoms with Crippen molar-refractivity contribution in [2.75, 3.05) is 17.4 Å². The number of carbonyl (C=O) groups is 2. The van der Waals surface area contributed by atoms with Crippen LogP contribution in [0.2, 0.25) is 10.0 Å². The third-order valence-electron chi connectivity index (χ3n) is 5.70. The third-order valence-corrected chi connectivity index (χ3v) is 7.92. The monoisotopic (exact) mass is 561 g/mol. The number of halogens is 2. The maximum absolute atomic E-state index is 13.8. The minimum Gasteiger partial charge on any atom is -0.355 e. The van der Waals surface area contributed by atoms with Crippen molar-refractivity contribution in [3.63, 3.8) is 0 Å². The molecular weight excluding hydrogens is 533 g/mol. The van der Waals surface area contributed by atoms with E-state index in [0.717, 1.165) is 15.4 Å². The van der Waals surface area contributed by atoms with Crippen molar-refractivity contribution in [2.24, 2.45) is 0 Å². The highest BCUT2D eigenvalue weighted by atomic mass is 35.5. The molecule has 0 saturated heterocycles. The van der Waals surface area contributed by atoms with E-state index in [1.54, 1.807) is 32.0 Å². The van der Waals surface area contributed by atoms with Gasteiger partial charge in [-0.2, -0.15) is 0 Å². The maximum Gasteiger partial charge on any atom is 0.264 e. The molecule has 1 N–H and O–H groups in total. The molecule has 3 aromatic rings. The second kappa shape index (κ2) is 12.4. The first-order valence-electron chi connectivity index (χ1n) is 11.7. The standard InChI is InChI=1S/C27H29Cl2N3O4S/c1-4-30-27(34)20(3)31(17-21-10-8-9-19(2)13-21)26(33)18-32(24-15-22(28)14-23(29)16-24)37(35,36)25-11-6-5-7-12-25/h5-16,20H,4,17-18H2,1-3H3,(H,30,34). The van der Waals surface area contributed by atoms with Crippen molar-refractivity contribution in [3.05, 3.63) is 94.0 Å². The number of rotatable bonds is 10. The zero-order valence-electron chi connectivity index (χ0n) is 20.8. The van der Waals surface area contributed by atoms with Crippen molar-refractivity contribution in [2.45, 2.75) is 38.3 Å². The summed E-state index contributed by atoms with van der Waals surface area (Å²) >= 11 is 12.4. The molecule has 1 atom stereocenters. The fourth-order valence-electron chi connectivity index (χ4n) is 3.84. The molecule has 196 valence electrons. The number of nitrogens with zero attached hydrogens (tertiary/aromatic N) is 2. The molecule has 0 aliphatic heterocycles. The van der Waals surface area contributed by atoms with Crippen molar-refractivity contribution in [1.82, 2.24) is 10.2 Å². The van der Waals surface area contributed by atoms with Crippen LogP contribution in [-0.2, 0) is 26.2 Å². The van der Waals surface area contributed by atoms with Gasteiger partial charge in [-0.3, -0.25) is 13.9 Å². The van der Waals surface area contributed by atoms with Crippen LogP contribution in [0.1, 0.15) is 25.0 Å². The fourth-order valence-corrected chi connectivity index (χ4v) is 5.78. The Morgan fingerprint density at radius 3 is 2.19 bits per heavy atom. The molecule has 0 spiro atoms. The van der Waals surface area contributed by atoms with Gasteiger partial charge in [0.15, 0.2) is 0 Å². The molecular formula is C27H29Cl2N3O4S. The summed E-state index contributed by atoms with van der Waals surface area (Å²) in [5, 5.41) is 3.17. The number of benzene rings is 3. The Labute approximate surface area is 228 Å². The molecule has 10 heteroatoms. The van der Waals surface area contributed by atoms with Gasteiger partial charge in [0.2, 0.25) is 11.8 Å². The van der Waals surface area contributed by atoms with E-state index in [2.05, 4.69) is 5.32 Å². The summed E-state index contributed by atoms with van der Waals surface area (Å²) in [6.45, 7) is 5.28. The van der Waals surface area contributed by atoms with E-state index < -0.39 is 28.5 Å². The summed E-state index contributed by atoms with van der Waals surface area (Å²) in [5.41, 5.74) is 1.95. The van der Waals surface area contributed by atoms with Gasteiger partial charge >= 0.3 is 0 Å². The molecule has 37 heavy (non-hydrogen) atoms. The van der Waals surface area contributed by atoms with Gasteiger partial charge in [0.1, 0.15) is 12.6 Å². The Balaban J connectivity index is 2.05. The lowest BCUT2D eigenvalue weighted by Crippen LogP contribution is -2.51. The van der Waals surface area contributed by atoms with Gasteiger partial charge in [0.25, 0.3) is 10.0 Å². The zero-order valence-corrected chi connectivity index (χ0v) is 23.1. The van der Waals surface area contributed by atoms with Crippen LogP contribution in [0, 0.1) is 6.92 Å². The molecule has 3 rings (SSSR count). The first-order chi connectivity index (χ1) is 17.5. The van der Waals surface area contributed by atoms with Gasteiger partial charge in [0, 0.05) is 23.1 Å². The number of aryl methyl sites for hydroxylation is 1. The molecule has 0 fully saturated rings. The Kier molecular flexibility index (Phi) is 9.59. The van der Waals surface area contributed by atoms with E-state index in [1.165, 1.54) is 35.2 Å². The normalized spacial score (nSPS) is 12.0. The van der Waals surface area contributed by atoms with Crippen LogP contribution < -0.4 is 9.62 Å². The highest BCUT2D eigenvalue weighted by molar-refractivity contribution is 7.92. The lowest BCUT2D eigenvalue weighted by atomic mass is 10.1. The first kappa shape index (κ1) is 28.5. The fraction of sp³-hybridized carbons (Fsp3) is 0.259. The summed E-state index contributed by atoms with van der Waals surface area (Å²) in [7, 11) is -4.18. The molecule has 0 radical (unpaired) electrons. The van der Waals surface area contributed by atoms with E-state index in [4.69, 9.17) is 23.2 Å². The number of anilines is 1. The van der Waals surface area contributed by atoms with Gasteiger partial charge in [0.05, 0.1) is 10.6 Å². The largest absolute Gasteiger partial charge is 0.355 e. The van der Waals surface area contributed by atoms with Crippen LogP contribution >= 0.6 is 23.2 Å². The topological polar surface area (TPSA) is 86.8 Å². The number of hydrogen-bond acceptors (Lipinski definition) is 4. The summed E-state index contributed by atoms with van der Waals surface area (Å²) in [6, 6.07) is 18.8. The number of nitrogens with one attached hydrogen (secondary N) is 1. The number of amides is 2. The number of sulfonamides is 1. The van der Waals surface area contributed by atoms with Crippen LogP contribution in [0.4, 0.5) is 5.69 Å². The Morgan fingerprint density at radius 2 is 1.59 bits per heavy atom. The highest BCUT2D eigenvalue weighted by Crippen LogP contribution is 2.30. The van der Waals surface area contributed by atoms with Crippen molar-refractivity contribution in [3.8, 4) is 0 Å². The summed E-state index contributed by atoms with van der Waals surface area (Å²) in [6.07, 6.45) is 0. The smallest absolute Gasteiger partial charge is 0.264 e. The van der Waals surface area contributed by atoms with E-state index in [-0.39, 0.29) is 33.1 Å². The van der Waals surface area contributed by atoms with E-state index in [1.807, 2.05) is 31.2 Å². The molecule has 0 heterocycles. The van der Waals surface area contributed by atoms with Crippen LogP contribution in [0.5, 0.6) is 0 Å². The van der Waals surface area contributed by atoms with Crippen LogP contribution in [-0.4, -0.2) is 44.3 Å². The summed E-state index contributed by atoms with van der Waals surface area (Å²) in [4.78, 5) is 27.9. The van der Waals surface area contributed by atoms with Crippen LogP contribution in [0.15, 0.2) is 77.7 Å². The van der Waals surface area contributed by atoms with Gasteiger partial charge in [-0.15, -0.1) is 0 Å². The minimum absolute atomic E-state index is 0.000839. The molecule has 3 aromatic carbocycles. The SMILES string of the molecule is CCNC(=O)C(C)N(Cc1cccc(C)c1)C(=O)CN(c1cc(Cl)cc(Cl)c1)S(=O)(=O)c1ccccc1. The van der Waals surface area contributed by atoms with Gasteiger partial charge in [-0.25, -0.2) is 8.42 Å². The molecule has 0 aliphatic carbocycles. The van der Waals surface area contributed by atoms with Crippen LogP contribution in [0.25, 0.3) is 0 Å². The van der Waals surface area contributed by atoms with E-state index in [9.17, 15) is 18.0 Å². The molecule has 0 saturated carbocycles. The van der Waals surface area contributed by atoms with E-state index in [0.29, 0.717) is 6.54 Å². The quantitative estimate of drug-likeness (QED) is 0.375. The van der Waals surface area contributed by atoms with Gasteiger partial charge in [-0.05, 0) is 56.7 Å². The molecule has 7 nitrogen and oxygen atoms in total. The molecule has 0 bridgehead atoms. The van der Waals surface area contributed by atoms with Crippen LogP contribution in [0.3, 0.4) is 0 Å². The minimum atomic E-state index is -4.18. The lowest BCUT2D eigenvalue weighted by Gasteiger charge is -2.32. The Hall–Kier alpha value is -3.07. The second-order valence-corrected chi connectivity index (χ2v) is 11.3. The predicted molar refractivity (Wildman–Crippen MR) is 147 cm³/mol. The van der Waals surface area contributed by atoms with Crippen molar-refractivity contribution >= 4 is 50.7 Å². The average Bonchev–Trinajstić information content (AvgIpc) is 2.85. The second-order valence-electron chi connectivity index (χ2n) is 8.53. The Bertz CT molecular complexity index is 1350. The summed E-state index contributed by atoms with van der Waals surface area (Å²) < 4.78 is 28.4. The lowest BCUT2D eigenvalue weighted by molar-refractivity contribution is -0.139. The molecule has 0 aliphatic rings. The predicted octanol–water partition coefficient (Wildman–Crippen LogP) is 5.05. The number of likely N-dealkylation sites (N-methyl/N-ethyl adjacent to an activating group) is 1. The van der Waals surface area contributed by atoms with Crippen molar-refractivity contribution < 1.29 is 18.0 Å². The van der Waals surface area contributed by atoms with E-state index >= 15 is 0 Å². The van der Waals surface area contributed by atoms with Crippen molar-refractivity contribution in [1.29, 1.82) is 0 Å². The molecule has 2 amide bonds. The van der Waals surface area contributed by atoms with Gasteiger partial charge in [-0.1, -0.05) is 71.2 Å². The maximum atomic E-state index is 13.8. The summed E-state index contributed by atoms with van der Waals surface area (Å²) in [5.74, 6) is -0.900. The zero-order chi connectivity index (χ0) is 27.2. The van der Waals surface area contributed by atoms with Gasteiger partial charge < -0.3 is 10.2 Å². The third kappa shape index (κ3) is 7.25. The average molecular weight is 563 g/mol. The highest BCUT2D eigenvalue weighted by Gasteiger charge is 2.32. The number of hydrogen-bond donors (Lipinski definition) is 1.